The Morgan fingerprint density at radius 2 is 1.29 bits per heavy atom. The van der Waals surface area contributed by atoms with E-state index >= 15 is 0 Å². The summed E-state index contributed by atoms with van der Waals surface area (Å²) in [5.41, 5.74) is 5.88. The fraction of sp³-hybridized carbons (Fsp3) is 0. The lowest BCUT2D eigenvalue weighted by atomic mass is 10.1. The molecule has 0 fully saturated rings. The van der Waals surface area contributed by atoms with Gasteiger partial charge in [0.15, 0.2) is 0 Å². The van der Waals surface area contributed by atoms with Crippen LogP contribution in [0.2, 0.25) is 0 Å². The summed E-state index contributed by atoms with van der Waals surface area (Å²) in [6, 6.07) is 18.6. The summed E-state index contributed by atoms with van der Waals surface area (Å²) < 4.78 is 0. The first-order valence-electron chi connectivity index (χ1n) is 5.43. The normalized spacial score (nSPS) is 11.4. The van der Waals surface area contributed by atoms with E-state index in [2.05, 4.69) is 35.3 Å². The Bertz CT molecular complexity index is 615. The van der Waals surface area contributed by atoms with Crippen LogP contribution in [0.3, 0.4) is 0 Å². The number of fused-ring (bicyclic) bond motifs is 3. The van der Waals surface area contributed by atoms with E-state index in [9.17, 15) is 0 Å². The van der Waals surface area contributed by atoms with Crippen molar-refractivity contribution in [3.05, 3.63) is 65.9 Å². The molecule has 0 unspecified atom stereocenters. The molecule has 2 aromatic carbocycles. The van der Waals surface area contributed by atoms with Crippen LogP contribution in [0.15, 0.2) is 59.7 Å². The number of nitrogens with zero attached hydrogens (tertiary/aromatic N) is 1. The van der Waals surface area contributed by atoms with Gasteiger partial charge in [-0.2, -0.15) is 4.99 Å². The highest BCUT2D eigenvalue weighted by molar-refractivity contribution is 6.01. The van der Waals surface area contributed by atoms with Crippen molar-refractivity contribution in [3.63, 3.8) is 0 Å². The number of hydrogen-bond donors (Lipinski definition) is 1. The molecule has 1 aliphatic rings. The summed E-state index contributed by atoms with van der Waals surface area (Å²) in [7, 11) is 0. The third-order valence-electron chi connectivity index (χ3n) is 2.98. The first-order valence-corrected chi connectivity index (χ1v) is 5.43. The van der Waals surface area contributed by atoms with E-state index in [1.165, 1.54) is 22.3 Å². The second-order valence-corrected chi connectivity index (χ2v) is 3.87. The van der Waals surface area contributed by atoms with Gasteiger partial charge >= 0.3 is 0 Å². The third kappa shape index (κ3) is 1.43. The average molecular weight is 218 g/mol. The van der Waals surface area contributed by atoms with Crippen molar-refractivity contribution in [1.82, 2.24) is 0 Å². The van der Waals surface area contributed by atoms with Gasteiger partial charge in [-0.25, -0.2) is 5.41 Å². The second kappa shape index (κ2) is 3.85. The number of nitrogens with one attached hydrogen (secondary N) is 1. The van der Waals surface area contributed by atoms with E-state index in [-0.39, 0.29) is 0 Å². The van der Waals surface area contributed by atoms with Crippen LogP contribution in [0.1, 0.15) is 11.1 Å². The minimum absolute atomic E-state index is 1.07. The molecule has 0 radical (unpaired) electrons. The summed E-state index contributed by atoms with van der Waals surface area (Å²) in [5.74, 6) is 0. The zero-order chi connectivity index (χ0) is 11.7. The molecule has 0 spiro atoms. The van der Waals surface area contributed by atoms with Gasteiger partial charge < -0.3 is 0 Å². The van der Waals surface area contributed by atoms with Crippen molar-refractivity contribution >= 4 is 11.6 Å². The van der Waals surface area contributed by atoms with Crippen molar-refractivity contribution in [3.8, 4) is 11.1 Å². The van der Waals surface area contributed by atoms with Gasteiger partial charge in [-0.15, -0.1) is 0 Å². The Morgan fingerprint density at radius 1 is 0.824 bits per heavy atom. The third-order valence-corrected chi connectivity index (χ3v) is 2.98. The molecular weight excluding hydrogens is 208 g/mol. The molecule has 2 aromatic rings. The van der Waals surface area contributed by atoms with Gasteiger partial charge in [0.2, 0.25) is 0 Å². The molecule has 80 valence electrons. The van der Waals surface area contributed by atoms with Crippen molar-refractivity contribution in [1.29, 1.82) is 5.41 Å². The van der Waals surface area contributed by atoms with Crippen molar-refractivity contribution < 1.29 is 0 Å². The first kappa shape index (κ1) is 9.76. The van der Waals surface area contributed by atoms with E-state index in [4.69, 9.17) is 5.41 Å². The highest BCUT2D eigenvalue weighted by atomic mass is 14.7. The van der Waals surface area contributed by atoms with Crippen LogP contribution in [0.5, 0.6) is 0 Å². The van der Waals surface area contributed by atoms with Crippen LogP contribution < -0.4 is 0 Å². The number of hydrogen-bond acceptors (Lipinski definition) is 2. The smallest absolute Gasteiger partial charge is 0.0912 e. The molecule has 0 aliphatic heterocycles. The maximum atomic E-state index is 6.87. The molecule has 0 atom stereocenters. The molecule has 0 amide bonds. The van der Waals surface area contributed by atoms with E-state index in [0.717, 1.165) is 5.57 Å². The molecule has 0 bridgehead atoms. The van der Waals surface area contributed by atoms with Crippen molar-refractivity contribution in [2.75, 3.05) is 0 Å². The van der Waals surface area contributed by atoms with Crippen LogP contribution in [-0.2, 0) is 0 Å². The molecule has 3 rings (SSSR count). The average Bonchev–Trinajstić information content (AvgIpc) is 2.71. The topological polar surface area (TPSA) is 36.2 Å². The summed E-state index contributed by atoms with van der Waals surface area (Å²) in [4.78, 5) is 3.81. The van der Waals surface area contributed by atoms with Crippen LogP contribution >= 0.6 is 0 Å². The maximum Gasteiger partial charge on any atom is 0.0912 e. The molecular formula is C15H10N2. The van der Waals surface area contributed by atoms with Gasteiger partial charge in [0, 0.05) is 11.8 Å². The Hall–Kier alpha value is -2.44. The lowest BCUT2D eigenvalue weighted by Crippen LogP contribution is -1.79. The predicted octanol–water partition coefficient (Wildman–Crippen LogP) is 3.81. The van der Waals surface area contributed by atoms with Crippen LogP contribution in [0.4, 0.5) is 0 Å². The van der Waals surface area contributed by atoms with Crippen molar-refractivity contribution in [2.45, 2.75) is 0 Å². The summed E-state index contributed by atoms with van der Waals surface area (Å²) in [6.07, 6.45) is 1.71. The minimum Gasteiger partial charge on any atom is -0.241 e. The quantitative estimate of drug-likeness (QED) is 0.603. The Morgan fingerprint density at radius 3 is 1.76 bits per heavy atom. The number of rotatable bonds is 1. The fourth-order valence-corrected chi connectivity index (χ4v) is 2.29. The second-order valence-electron chi connectivity index (χ2n) is 3.87. The van der Waals surface area contributed by atoms with E-state index in [1.54, 1.807) is 6.20 Å². The zero-order valence-corrected chi connectivity index (χ0v) is 9.14. The molecule has 0 saturated heterocycles. The molecule has 2 nitrogen and oxygen atoms in total. The van der Waals surface area contributed by atoms with Crippen LogP contribution in [0, 0.1) is 5.41 Å². The Kier molecular flexibility index (Phi) is 2.21. The molecule has 1 N–H and O–H groups in total. The molecule has 0 heterocycles. The van der Waals surface area contributed by atoms with Crippen molar-refractivity contribution in [2.24, 2.45) is 4.99 Å². The lowest BCUT2D eigenvalue weighted by molar-refractivity contribution is 1.50. The number of aliphatic imine (C=N–C) groups is 1. The molecule has 1 aliphatic carbocycles. The van der Waals surface area contributed by atoms with Gasteiger partial charge in [0.1, 0.15) is 0 Å². The summed E-state index contributed by atoms with van der Waals surface area (Å²) >= 11 is 0. The SMILES string of the molecule is N=C=NC=C1c2ccccc2-c2ccccc21. The standard InChI is InChI=1S/C15H10N2/c16-10-17-9-15-13-7-3-1-5-11(13)12-6-2-4-8-14(12)15/h1-9,16H. The fourth-order valence-electron chi connectivity index (χ4n) is 2.29. The largest absolute Gasteiger partial charge is 0.241 e. The van der Waals surface area contributed by atoms with E-state index < -0.39 is 0 Å². The van der Waals surface area contributed by atoms with Crippen LogP contribution in [0.25, 0.3) is 16.7 Å². The summed E-state index contributed by atoms with van der Waals surface area (Å²) in [6.45, 7) is 0. The highest BCUT2D eigenvalue weighted by Gasteiger charge is 2.21. The number of benzene rings is 2. The lowest BCUT2D eigenvalue weighted by Gasteiger charge is -1.98. The molecule has 0 aromatic heterocycles. The molecule has 2 heteroatoms. The van der Waals surface area contributed by atoms with E-state index in [1.807, 2.05) is 24.3 Å². The maximum absolute atomic E-state index is 6.87. The first-order chi connectivity index (χ1) is 8.42. The monoisotopic (exact) mass is 218 g/mol. The zero-order valence-electron chi connectivity index (χ0n) is 9.14. The van der Waals surface area contributed by atoms with Gasteiger partial charge in [-0.1, -0.05) is 48.5 Å². The van der Waals surface area contributed by atoms with E-state index in [0.29, 0.717) is 0 Å². The minimum atomic E-state index is 1.07. The highest BCUT2D eigenvalue weighted by Crippen LogP contribution is 2.43. The van der Waals surface area contributed by atoms with Crippen LogP contribution in [-0.4, -0.2) is 6.01 Å². The molecule has 17 heavy (non-hydrogen) atoms. The van der Waals surface area contributed by atoms with Gasteiger partial charge in [0.05, 0.1) is 6.01 Å². The predicted molar refractivity (Wildman–Crippen MR) is 69.1 cm³/mol. The molecule has 0 saturated carbocycles. The summed E-state index contributed by atoms with van der Waals surface area (Å²) in [5, 5.41) is 6.87. The van der Waals surface area contributed by atoms with Gasteiger partial charge in [-0.3, -0.25) is 0 Å². The Labute approximate surface area is 99.5 Å². The van der Waals surface area contributed by atoms with Gasteiger partial charge in [-0.05, 0) is 22.3 Å². The Balaban J connectivity index is 2.35. The van der Waals surface area contributed by atoms with Gasteiger partial charge in [0.25, 0.3) is 0 Å².